The molecule has 0 bridgehead atoms. The summed E-state index contributed by atoms with van der Waals surface area (Å²) in [6, 6.07) is 8.01. The molecule has 1 aliphatic rings. The van der Waals surface area contributed by atoms with Gasteiger partial charge in [-0.2, -0.15) is 0 Å². The number of hydrogen-bond acceptors (Lipinski definition) is 4. The summed E-state index contributed by atoms with van der Waals surface area (Å²) in [6.45, 7) is 1.83. The number of nitrogens with one attached hydrogen (secondary N) is 1. The summed E-state index contributed by atoms with van der Waals surface area (Å²) < 4.78 is 53.3. The molecular formula is C17H19F2N3O2S. The van der Waals surface area contributed by atoms with Gasteiger partial charge < -0.3 is 4.90 Å². The first-order valence-electron chi connectivity index (χ1n) is 8.06. The Bertz CT molecular complexity index is 803. The highest BCUT2D eigenvalue weighted by molar-refractivity contribution is 7.89. The van der Waals surface area contributed by atoms with Crippen molar-refractivity contribution in [2.75, 3.05) is 24.5 Å². The smallest absolute Gasteiger partial charge is 0.240 e. The molecule has 0 atom stereocenters. The third kappa shape index (κ3) is 4.52. The van der Waals surface area contributed by atoms with Crippen molar-refractivity contribution in [3.8, 4) is 0 Å². The Kier molecular flexibility index (Phi) is 5.29. The topological polar surface area (TPSA) is 62.3 Å². The molecule has 1 fully saturated rings. The van der Waals surface area contributed by atoms with Crippen LogP contribution < -0.4 is 9.62 Å². The second-order valence-electron chi connectivity index (χ2n) is 6.08. The van der Waals surface area contributed by atoms with E-state index in [1.54, 1.807) is 6.20 Å². The fraction of sp³-hybridized carbons (Fsp3) is 0.353. The number of aromatic nitrogens is 1. The van der Waals surface area contributed by atoms with Gasteiger partial charge >= 0.3 is 0 Å². The molecule has 0 radical (unpaired) electrons. The number of sulfonamides is 1. The summed E-state index contributed by atoms with van der Waals surface area (Å²) in [7, 11) is -3.93. The molecular weight excluding hydrogens is 348 g/mol. The van der Waals surface area contributed by atoms with Gasteiger partial charge in [-0.1, -0.05) is 6.07 Å². The molecule has 1 aromatic heterocycles. The molecule has 1 saturated heterocycles. The minimum absolute atomic E-state index is 0.174. The average Bonchev–Trinajstić information content (AvgIpc) is 2.60. The normalized spacial score (nSPS) is 16.2. The summed E-state index contributed by atoms with van der Waals surface area (Å²) in [5, 5.41) is 0. The van der Waals surface area contributed by atoms with Crippen LogP contribution >= 0.6 is 0 Å². The molecule has 1 aliphatic heterocycles. The molecule has 0 amide bonds. The highest BCUT2D eigenvalue weighted by Crippen LogP contribution is 2.22. The number of nitrogens with zero attached hydrogens (tertiary/aromatic N) is 2. The first kappa shape index (κ1) is 17.8. The van der Waals surface area contributed by atoms with Gasteiger partial charge in [0.1, 0.15) is 17.5 Å². The number of piperidine rings is 1. The maximum absolute atomic E-state index is 13.2. The van der Waals surface area contributed by atoms with Crippen LogP contribution in [0.15, 0.2) is 47.5 Å². The molecule has 3 rings (SSSR count). The van der Waals surface area contributed by atoms with Crippen LogP contribution in [0.1, 0.15) is 12.8 Å². The first-order valence-corrected chi connectivity index (χ1v) is 9.54. The summed E-state index contributed by atoms with van der Waals surface area (Å²) in [5.41, 5.74) is 0. The van der Waals surface area contributed by atoms with E-state index in [1.165, 1.54) is 0 Å². The van der Waals surface area contributed by atoms with Crippen LogP contribution in [0.5, 0.6) is 0 Å². The number of halogens is 2. The SMILES string of the molecule is O=S(=O)(NCC1CCN(c2ccccn2)CC1)c1cc(F)cc(F)c1. The highest BCUT2D eigenvalue weighted by Gasteiger charge is 2.23. The monoisotopic (exact) mass is 367 g/mol. The minimum Gasteiger partial charge on any atom is -0.357 e. The van der Waals surface area contributed by atoms with E-state index < -0.39 is 26.6 Å². The lowest BCUT2D eigenvalue weighted by atomic mass is 9.97. The van der Waals surface area contributed by atoms with Crippen molar-refractivity contribution in [2.45, 2.75) is 17.7 Å². The van der Waals surface area contributed by atoms with Crippen LogP contribution in [-0.4, -0.2) is 33.0 Å². The van der Waals surface area contributed by atoms with E-state index in [1.807, 2.05) is 18.2 Å². The number of benzene rings is 1. The van der Waals surface area contributed by atoms with E-state index >= 15 is 0 Å². The Morgan fingerprint density at radius 3 is 2.40 bits per heavy atom. The lowest BCUT2D eigenvalue weighted by molar-refractivity contribution is 0.400. The summed E-state index contributed by atoms with van der Waals surface area (Å²) >= 11 is 0. The molecule has 2 heterocycles. The molecule has 1 N–H and O–H groups in total. The van der Waals surface area contributed by atoms with E-state index in [2.05, 4.69) is 14.6 Å². The van der Waals surface area contributed by atoms with Gasteiger partial charge in [0.25, 0.3) is 0 Å². The zero-order valence-electron chi connectivity index (χ0n) is 13.5. The largest absolute Gasteiger partial charge is 0.357 e. The van der Waals surface area contributed by atoms with Crippen molar-refractivity contribution in [2.24, 2.45) is 5.92 Å². The molecule has 134 valence electrons. The Morgan fingerprint density at radius 2 is 1.80 bits per heavy atom. The molecule has 25 heavy (non-hydrogen) atoms. The van der Waals surface area contributed by atoms with Crippen LogP contribution in [0.25, 0.3) is 0 Å². The lowest BCUT2D eigenvalue weighted by Crippen LogP contribution is -2.39. The van der Waals surface area contributed by atoms with E-state index in [-0.39, 0.29) is 12.5 Å². The maximum atomic E-state index is 13.2. The zero-order chi connectivity index (χ0) is 17.9. The van der Waals surface area contributed by atoms with Crippen LogP contribution in [0, 0.1) is 17.6 Å². The van der Waals surface area contributed by atoms with Crippen LogP contribution in [0.2, 0.25) is 0 Å². The van der Waals surface area contributed by atoms with Crippen molar-refractivity contribution in [1.29, 1.82) is 0 Å². The minimum atomic E-state index is -3.93. The molecule has 1 aromatic carbocycles. The number of anilines is 1. The van der Waals surface area contributed by atoms with E-state index in [9.17, 15) is 17.2 Å². The number of hydrogen-bond donors (Lipinski definition) is 1. The molecule has 0 aliphatic carbocycles. The second kappa shape index (κ2) is 7.45. The molecule has 0 unspecified atom stereocenters. The van der Waals surface area contributed by atoms with Crippen LogP contribution in [0.4, 0.5) is 14.6 Å². The predicted molar refractivity (Wildman–Crippen MR) is 90.7 cm³/mol. The second-order valence-corrected chi connectivity index (χ2v) is 7.84. The Morgan fingerprint density at radius 1 is 1.12 bits per heavy atom. The van der Waals surface area contributed by atoms with Gasteiger partial charge in [-0.05, 0) is 43.0 Å². The van der Waals surface area contributed by atoms with Gasteiger partial charge in [-0.15, -0.1) is 0 Å². The van der Waals surface area contributed by atoms with Gasteiger partial charge in [-0.25, -0.2) is 26.9 Å². The Labute approximate surface area is 145 Å². The maximum Gasteiger partial charge on any atom is 0.240 e. The summed E-state index contributed by atoms with van der Waals surface area (Å²) in [4.78, 5) is 6.08. The average molecular weight is 367 g/mol. The van der Waals surface area contributed by atoms with Gasteiger partial charge in [0.05, 0.1) is 4.90 Å². The van der Waals surface area contributed by atoms with Gasteiger partial charge in [0, 0.05) is 31.9 Å². The van der Waals surface area contributed by atoms with Gasteiger partial charge in [-0.3, -0.25) is 0 Å². The van der Waals surface area contributed by atoms with Crippen molar-refractivity contribution in [3.63, 3.8) is 0 Å². The molecule has 0 saturated carbocycles. The van der Waals surface area contributed by atoms with Crippen molar-refractivity contribution < 1.29 is 17.2 Å². The summed E-state index contributed by atoms with van der Waals surface area (Å²) in [6.07, 6.45) is 3.38. The van der Waals surface area contributed by atoms with Crippen molar-refractivity contribution in [1.82, 2.24) is 9.71 Å². The molecule has 5 nitrogen and oxygen atoms in total. The molecule has 0 spiro atoms. The third-order valence-corrected chi connectivity index (χ3v) is 5.70. The van der Waals surface area contributed by atoms with Crippen LogP contribution in [0.3, 0.4) is 0 Å². The predicted octanol–water partition coefficient (Wildman–Crippen LogP) is 2.55. The van der Waals surface area contributed by atoms with E-state index in [4.69, 9.17) is 0 Å². The third-order valence-electron chi connectivity index (χ3n) is 4.30. The fourth-order valence-electron chi connectivity index (χ4n) is 2.90. The highest BCUT2D eigenvalue weighted by atomic mass is 32.2. The van der Waals surface area contributed by atoms with Crippen molar-refractivity contribution >= 4 is 15.8 Å². The van der Waals surface area contributed by atoms with Crippen molar-refractivity contribution in [3.05, 3.63) is 54.2 Å². The van der Waals surface area contributed by atoms with Gasteiger partial charge in [0.2, 0.25) is 10.0 Å². The van der Waals surface area contributed by atoms with E-state index in [0.29, 0.717) is 6.07 Å². The Balaban J connectivity index is 1.56. The quantitative estimate of drug-likeness (QED) is 0.882. The summed E-state index contributed by atoms with van der Waals surface area (Å²) in [5.74, 6) is -0.738. The fourth-order valence-corrected chi connectivity index (χ4v) is 4.06. The van der Waals surface area contributed by atoms with Gasteiger partial charge in [0.15, 0.2) is 0 Å². The first-order chi connectivity index (χ1) is 11.9. The molecule has 2 aromatic rings. The zero-order valence-corrected chi connectivity index (χ0v) is 14.3. The van der Waals surface area contributed by atoms with E-state index in [0.717, 1.165) is 43.9 Å². The Hall–Kier alpha value is -2.06. The standard InChI is InChI=1S/C17H19F2N3O2S/c18-14-9-15(19)11-16(10-14)25(23,24)21-12-13-4-7-22(8-5-13)17-3-1-2-6-20-17/h1-3,6,9-11,13,21H,4-5,7-8,12H2. The number of rotatable bonds is 5. The lowest BCUT2D eigenvalue weighted by Gasteiger charge is -2.32. The van der Waals surface area contributed by atoms with Crippen LogP contribution in [-0.2, 0) is 10.0 Å². The molecule has 8 heteroatoms. The number of pyridine rings is 1.